The third kappa shape index (κ3) is 16.4. The molecule has 1 rings (SSSR count). The first-order valence-electron chi connectivity index (χ1n) is 5.21. The van der Waals surface area contributed by atoms with Crippen LogP contribution in [0.15, 0.2) is 12.2 Å². The average Bonchev–Trinajstić information content (AvgIpc) is 1.87. The van der Waals surface area contributed by atoms with Gasteiger partial charge in [-0.05, 0) is 18.3 Å². The van der Waals surface area contributed by atoms with Gasteiger partial charge in [-0.1, -0.05) is 60.1 Å². The van der Waals surface area contributed by atoms with Gasteiger partial charge in [0.1, 0.15) is 0 Å². The van der Waals surface area contributed by atoms with Crippen LogP contribution in [0, 0.1) is 5.41 Å². The van der Waals surface area contributed by atoms with E-state index in [1.54, 1.807) is 0 Å². The predicted octanol–water partition coefficient (Wildman–Crippen LogP) is 4.81. The van der Waals surface area contributed by atoms with Crippen LogP contribution in [-0.2, 0) is 0 Å². The maximum atomic E-state index is 2.24. The normalized spacial score (nSPS) is 13.2. The molecule has 0 aromatic heterocycles. The average molecular weight is 170 g/mol. The molecule has 0 nitrogen and oxygen atoms in total. The first-order valence-corrected chi connectivity index (χ1v) is 5.21. The van der Waals surface area contributed by atoms with Crippen LogP contribution in [0.2, 0.25) is 0 Å². The summed E-state index contributed by atoms with van der Waals surface area (Å²) in [4.78, 5) is 0. The molecule has 0 aliphatic heterocycles. The van der Waals surface area contributed by atoms with Crippen LogP contribution in [-0.4, -0.2) is 0 Å². The molecule has 0 heteroatoms. The van der Waals surface area contributed by atoms with Gasteiger partial charge in [-0.15, -0.1) is 0 Å². The molecular weight excluding hydrogens is 144 g/mol. The molecule has 0 radical (unpaired) electrons. The van der Waals surface area contributed by atoms with Crippen molar-refractivity contribution in [3.63, 3.8) is 0 Å². The van der Waals surface area contributed by atoms with Crippen LogP contribution in [0.5, 0.6) is 0 Å². The number of hydrogen-bond acceptors (Lipinski definition) is 0. The quantitative estimate of drug-likeness (QED) is 0.458. The lowest BCUT2D eigenvalue weighted by atomic mass is 9.94. The molecule has 0 saturated heterocycles. The Morgan fingerprint density at radius 2 is 1.17 bits per heavy atom. The molecule has 0 amide bonds. The van der Waals surface area contributed by atoms with Gasteiger partial charge < -0.3 is 0 Å². The Morgan fingerprint density at radius 1 is 1.00 bits per heavy atom. The van der Waals surface area contributed by atoms with Gasteiger partial charge in [0.2, 0.25) is 0 Å². The van der Waals surface area contributed by atoms with Gasteiger partial charge in [0.05, 0.1) is 0 Å². The summed E-state index contributed by atoms with van der Waals surface area (Å²) in [5.74, 6) is 0. The van der Waals surface area contributed by atoms with Crippen LogP contribution in [0.3, 0.4) is 0 Å². The fraction of sp³-hybridized carbons (Fsp3) is 0.833. The Labute approximate surface area is 79.1 Å². The molecule has 0 atom stereocenters. The Balaban J connectivity index is 0. The summed E-state index contributed by atoms with van der Waals surface area (Å²) in [6, 6.07) is 0. The second-order valence-corrected chi connectivity index (χ2v) is 3.96. The van der Waals surface area contributed by atoms with Gasteiger partial charge in [-0.2, -0.15) is 0 Å². The van der Waals surface area contributed by atoms with Gasteiger partial charge >= 0.3 is 0 Å². The molecule has 0 saturated carbocycles. The van der Waals surface area contributed by atoms with E-state index < -0.39 is 0 Å². The zero-order valence-electron chi connectivity index (χ0n) is 9.78. The van der Waals surface area contributed by atoms with E-state index in [0.717, 1.165) is 0 Å². The van der Waals surface area contributed by atoms with Crippen molar-refractivity contribution >= 4 is 0 Å². The van der Waals surface area contributed by atoms with Crippen molar-refractivity contribution in [2.75, 3.05) is 0 Å². The first-order chi connectivity index (χ1) is 5.56. The largest absolute Gasteiger partial charge is 0.0882 e. The van der Waals surface area contributed by atoms with E-state index in [0.29, 0.717) is 5.41 Å². The summed E-state index contributed by atoms with van der Waals surface area (Å²) in [5.41, 5.74) is 0.542. The van der Waals surface area contributed by atoms with Gasteiger partial charge in [-0.25, -0.2) is 0 Å². The van der Waals surface area contributed by atoms with E-state index in [1.165, 1.54) is 19.3 Å². The minimum atomic E-state index is 0.542. The van der Waals surface area contributed by atoms with Crippen molar-refractivity contribution in [3.8, 4) is 0 Å². The Hall–Kier alpha value is -0.260. The summed E-state index contributed by atoms with van der Waals surface area (Å²) in [5, 5.41) is 0. The molecule has 0 bridgehead atoms. The van der Waals surface area contributed by atoms with Crippen molar-refractivity contribution in [1.29, 1.82) is 0 Å². The maximum absolute atomic E-state index is 2.24. The lowest BCUT2D eigenvalue weighted by Crippen LogP contribution is -2.00. The van der Waals surface area contributed by atoms with Crippen LogP contribution in [0.1, 0.15) is 60.8 Å². The lowest BCUT2D eigenvalue weighted by Gasteiger charge is -2.12. The topological polar surface area (TPSA) is 0 Å². The van der Waals surface area contributed by atoms with Gasteiger partial charge in [0.25, 0.3) is 0 Å². The third-order valence-electron chi connectivity index (χ3n) is 1.73. The van der Waals surface area contributed by atoms with Crippen LogP contribution in [0.25, 0.3) is 0 Å². The molecule has 0 heterocycles. The SMILES string of the molecule is C1=CCC1.CC.CCC(C)(C)C. The highest BCUT2D eigenvalue weighted by Crippen LogP contribution is 2.16. The molecule has 74 valence electrons. The van der Waals surface area contributed by atoms with Crippen molar-refractivity contribution in [3.05, 3.63) is 12.2 Å². The summed E-state index contributed by atoms with van der Waals surface area (Å²) < 4.78 is 0. The molecular formula is C12H26. The fourth-order valence-corrected chi connectivity index (χ4v) is 0.167. The summed E-state index contributed by atoms with van der Waals surface area (Å²) in [6.07, 6.45) is 8.27. The molecule has 12 heavy (non-hydrogen) atoms. The number of hydrogen-bond donors (Lipinski definition) is 0. The van der Waals surface area contributed by atoms with Crippen molar-refractivity contribution in [2.45, 2.75) is 60.8 Å². The molecule has 0 spiro atoms. The zero-order chi connectivity index (χ0) is 10.0. The van der Waals surface area contributed by atoms with Crippen LogP contribution >= 0.6 is 0 Å². The molecule has 0 aromatic rings. The maximum Gasteiger partial charge on any atom is -0.0316 e. The van der Waals surface area contributed by atoms with E-state index in [4.69, 9.17) is 0 Å². The smallest absolute Gasteiger partial charge is 0.0316 e. The number of allylic oxidation sites excluding steroid dienone is 2. The van der Waals surface area contributed by atoms with Crippen LogP contribution < -0.4 is 0 Å². The second kappa shape index (κ2) is 8.83. The molecule has 1 aliphatic carbocycles. The van der Waals surface area contributed by atoms with Gasteiger partial charge in [0, 0.05) is 0 Å². The Morgan fingerprint density at radius 3 is 1.17 bits per heavy atom. The lowest BCUT2D eigenvalue weighted by molar-refractivity contribution is 0.398. The van der Waals surface area contributed by atoms with Crippen molar-refractivity contribution < 1.29 is 0 Å². The standard InChI is InChI=1S/C6H14.C4H6.C2H6/c1-5-6(2,3)4;1-2-4-3-1;1-2/h5H2,1-4H3;1-2H,3-4H2;1-2H3. The number of rotatable bonds is 0. The van der Waals surface area contributed by atoms with E-state index in [9.17, 15) is 0 Å². The first kappa shape index (κ1) is 14.3. The molecule has 0 fully saturated rings. The highest BCUT2D eigenvalue weighted by Gasteiger charge is 2.03. The summed E-state index contributed by atoms with van der Waals surface area (Å²) >= 11 is 0. The minimum Gasteiger partial charge on any atom is -0.0882 e. The second-order valence-electron chi connectivity index (χ2n) is 3.96. The zero-order valence-corrected chi connectivity index (χ0v) is 9.78. The molecule has 0 N–H and O–H groups in total. The minimum absolute atomic E-state index is 0.542. The van der Waals surface area contributed by atoms with E-state index in [1.807, 2.05) is 13.8 Å². The highest BCUT2D eigenvalue weighted by atomic mass is 14.1. The van der Waals surface area contributed by atoms with E-state index in [2.05, 4.69) is 39.8 Å². The van der Waals surface area contributed by atoms with Crippen LogP contribution in [0.4, 0.5) is 0 Å². The summed E-state index contributed by atoms with van der Waals surface area (Å²) in [6.45, 7) is 12.9. The predicted molar refractivity (Wildman–Crippen MR) is 59.5 cm³/mol. The fourth-order valence-electron chi connectivity index (χ4n) is 0.167. The third-order valence-corrected chi connectivity index (χ3v) is 1.73. The van der Waals surface area contributed by atoms with Crippen molar-refractivity contribution in [1.82, 2.24) is 0 Å². The van der Waals surface area contributed by atoms with E-state index in [-0.39, 0.29) is 0 Å². The molecule has 0 unspecified atom stereocenters. The monoisotopic (exact) mass is 170 g/mol. The van der Waals surface area contributed by atoms with Gasteiger partial charge in [-0.3, -0.25) is 0 Å². The van der Waals surface area contributed by atoms with Gasteiger partial charge in [0.15, 0.2) is 0 Å². The van der Waals surface area contributed by atoms with E-state index >= 15 is 0 Å². The van der Waals surface area contributed by atoms with Crippen molar-refractivity contribution in [2.24, 2.45) is 5.41 Å². The summed E-state index contributed by atoms with van der Waals surface area (Å²) in [7, 11) is 0. The molecule has 1 aliphatic rings. The Bertz CT molecular complexity index is 87.1. The highest BCUT2D eigenvalue weighted by molar-refractivity contribution is 4.92. The Kier molecular flexibility index (Phi) is 10.5. The molecule has 0 aromatic carbocycles.